The predicted octanol–water partition coefficient (Wildman–Crippen LogP) is 3.74. The minimum Gasteiger partial charge on any atom is -0.493 e. The molecule has 0 radical (unpaired) electrons. The van der Waals surface area contributed by atoms with Crippen molar-refractivity contribution in [2.45, 2.75) is 26.4 Å². The second-order valence-electron chi connectivity index (χ2n) is 5.91. The molecular formula is C19H23N3O2. The average Bonchev–Trinajstić information content (AvgIpc) is 3.06. The quantitative estimate of drug-likeness (QED) is 0.725. The van der Waals surface area contributed by atoms with E-state index in [-0.39, 0.29) is 6.04 Å². The minimum atomic E-state index is 0.197. The van der Waals surface area contributed by atoms with Gasteiger partial charge in [-0.05, 0) is 42.7 Å². The molecule has 1 atom stereocenters. The topological polar surface area (TPSA) is 59.2 Å². The van der Waals surface area contributed by atoms with Gasteiger partial charge in [0.15, 0.2) is 11.5 Å². The Labute approximate surface area is 142 Å². The molecule has 2 aromatic carbocycles. The van der Waals surface area contributed by atoms with Crippen molar-refractivity contribution in [1.82, 2.24) is 15.5 Å². The Morgan fingerprint density at radius 3 is 2.75 bits per heavy atom. The van der Waals surface area contributed by atoms with E-state index in [2.05, 4.69) is 53.6 Å². The molecule has 0 saturated heterocycles. The van der Waals surface area contributed by atoms with E-state index in [1.807, 2.05) is 12.3 Å². The number of hydrogen-bond donors (Lipinski definition) is 2. The summed E-state index contributed by atoms with van der Waals surface area (Å²) >= 11 is 0. The summed E-state index contributed by atoms with van der Waals surface area (Å²) in [6, 6.07) is 10.6. The van der Waals surface area contributed by atoms with Gasteiger partial charge in [-0.2, -0.15) is 5.10 Å². The van der Waals surface area contributed by atoms with E-state index in [1.54, 1.807) is 14.2 Å². The van der Waals surface area contributed by atoms with Crippen molar-refractivity contribution in [3.63, 3.8) is 0 Å². The molecule has 5 nitrogen and oxygen atoms in total. The van der Waals surface area contributed by atoms with Gasteiger partial charge in [-0.1, -0.05) is 18.2 Å². The summed E-state index contributed by atoms with van der Waals surface area (Å²) in [6.45, 7) is 5.00. The molecule has 0 aliphatic heterocycles. The maximum absolute atomic E-state index is 5.50. The van der Waals surface area contributed by atoms with Gasteiger partial charge >= 0.3 is 0 Å². The number of benzene rings is 2. The van der Waals surface area contributed by atoms with E-state index in [0.29, 0.717) is 0 Å². The molecule has 0 aliphatic rings. The number of hydrogen-bond acceptors (Lipinski definition) is 4. The largest absolute Gasteiger partial charge is 0.493 e. The molecule has 126 valence electrons. The van der Waals surface area contributed by atoms with Gasteiger partial charge in [0.2, 0.25) is 0 Å². The van der Waals surface area contributed by atoms with Crippen molar-refractivity contribution in [3.05, 3.63) is 53.2 Å². The Bertz CT molecular complexity index is 842. The highest BCUT2D eigenvalue weighted by Crippen LogP contribution is 2.35. The van der Waals surface area contributed by atoms with Crippen molar-refractivity contribution in [2.24, 2.45) is 0 Å². The average molecular weight is 325 g/mol. The van der Waals surface area contributed by atoms with Gasteiger partial charge in [0.1, 0.15) is 0 Å². The van der Waals surface area contributed by atoms with Crippen molar-refractivity contribution in [1.29, 1.82) is 0 Å². The van der Waals surface area contributed by atoms with Crippen molar-refractivity contribution in [2.75, 3.05) is 14.2 Å². The van der Waals surface area contributed by atoms with E-state index in [0.717, 1.165) is 34.5 Å². The Balaban J connectivity index is 1.75. The number of nitrogens with one attached hydrogen (secondary N) is 2. The second kappa shape index (κ2) is 6.93. The molecule has 24 heavy (non-hydrogen) atoms. The molecule has 2 N–H and O–H groups in total. The summed E-state index contributed by atoms with van der Waals surface area (Å²) in [4.78, 5) is 0. The monoisotopic (exact) mass is 325 g/mol. The molecule has 1 unspecified atom stereocenters. The fourth-order valence-corrected chi connectivity index (χ4v) is 3.04. The third kappa shape index (κ3) is 3.08. The van der Waals surface area contributed by atoms with Crippen LogP contribution in [0.3, 0.4) is 0 Å². The van der Waals surface area contributed by atoms with Gasteiger partial charge in [0.05, 0.1) is 25.9 Å². The lowest BCUT2D eigenvalue weighted by Gasteiger charge is -2.20. The summed E-state index contributed by atoms with van der Waals surface area (Å²) in [5.41, 5.74) is 4.58. The molecule has 0 amide bonds. The number of ether oxygens (including phenoxy) is 2. The van der Waals surface area contributed by atoms with E-state index < -0.39 is 0 Å². The maximum Gasteiger partial charge on any atom is 0.163 e. The van der Waals surface area contributed by atoms with Crippen LogP contribution in [0.5, 0.6) is 11.5 Å². The number of nitrogens with zero attached hydrogens (tertiary/aromatic N) is 1. The van der Waals surface area contributed by atoms with Crippen LogP contribution in [0.1, 0.15) is 29.7 Å². The van der Waals surface area contributed by atoms with Crippen molar-refractivity contribution in [3.8, 4) is 11.5 Å². The van der Waals surface area contributed by atoms with Crippen LogP contribution in [0, 0.1) is 6.92 Å². The highest BCUT2D eigenvalue weighted by molar-refractivity contribution is 5.78. The zero-order valence-electron chi connectivity index (χ0n) is 14.5. The minimum absolute atomic E-state index is 0.197. The number of rotatable bonds is 6. The fraction of sp³-hybridized carbons (Fsp3) is 0.316. The number of aromatic nitrogens is 2. The van der Waals surface area contributed by atoms with Crippen LogP contribution >= 0.6 is 0 Å². The first-order chi connectivity index (χ1) is 11.6. The second-order valence-corrected chi connectivity index (χ2v) is 5.91. The highest BCUT2D eigenvalue weighted by Gasteiger charge is 2.15. The van der Waals surface area contributed by atoms with Crippen LogP contribution in [-0.2, 0) is 6.54 Å². The van der Waals surface area contributed by atoms with Gasteiger partial charge < -0.3 is 14.8 Å². The van der Waals surface area contributed by atoms with E-state index >= 15 is 0 Å². The third-order valence-corrected chi connectivity index (χ3v) is 4.42. The fourth-order valence-electron chi connectivity index (χ4n) is 3.04. The van der Waals surface area contributed by atoms with Crippen LogP contribution in [0.4, 0.5) is 0 Å². The summed E-state index contributed by atoms with van der Waals surface area (Å²) in [5.74, 6) is 1.55. The Morgan fingerprint density at radius 1 is 1.17 bits per heavy atom. The molecule has 0 spiro atoms. The first kappa shape index (κ1) is 16.3. The predicted molar refractivity (Wildman–Crippen MR) is 95.6 cm³/mol. The summed E-state index contributed by atoms with van der Waals surface area (Å²) < 4.78 is 10.9. The first-order valence-corrected chi connectivity index (χ1v) is 8.01. The van der Waals surface area contributed by atoms with Crippen LogP contribution in [0.15, 0.2) is 36.5 Å². The third-order valence-electron chi connectivity index (χ3n) is 4.42. The highest BCUT2D eigenvalue weighted by atomic mass is 16.5. The summed E-state index contributed by atoms with van der Waals surface area (Å²) in [6.07, 6.45) is 1.84. The lowest BCUT2D eigenvalue weighted by atomic mass is 10.0. The summed E-state index contributed by atoms with van der Waals surface area (Å²) in [5, 5.41) is 11.8. The zero-order valence-corrected chi connectivity index (χ0v) is 14.5. The van der Waals surface area contributed by atoms with Crippen LogP contribution in [0.2, 0.25) is 0 Å². The lowest BCUT2D eigenvalue weighted by Crippen LogP contribution is -2.19. The molecule has 1 heterocycles. The van der Waals surface area contributed by atoms with Crippen LogP contribution < -0.4 is 14.8 Å². The molecule has 0 saturated carbocycles. The van der Waals surface area contributed by atoms with Crippen molar-refractivity contribution >= 4 is 10.9 Å². The molecular weight excluding hydrogens is 302 g/mol. The Kier molecular flexibility index (Phi) is 4.71. The Hall–Kier alpha value is -2.53. The lowest BCUT2D eigenvalue weighted by molar-refractivity contribution is 0.351. The first-order valence-electron chi connectivity index (χ1n) is 8.01. The van der Waals surface area contributed by atoms with Gasteiger partial charge in [-0.3, -0.25) is 5.10 Å². The zero-order chi connectivity index (χ0) is 17.1. The van der Waals surface area contributed by atoms with Gasteiger partial charge in [0.25, 0.3) is 0 Å². The number of aromatic amines is 1. The SMILES string of the molecule is COc1ccc(C(C)NCc2ccc3cn[nH]c3c2)c(C)c1OC. The summed E-state index contributed by atoms with van der Waals surface area (Å²) in [7, 11) is 3.33. The smallest absolute Gasteiger partial charge is 0.163 e. The van der Waals surface area contributed by atoms with Crippen molar-refractivity contribution < 1.29 is 9.47 Å². The van der Waals surface area contributed by atoms with E-state index in [4.69, 9.17) is 9.47 Å². The van der Waals surface area contributed by atoms with Crippen LogP contribution in [0.25, 0.3) is 10.9 Å². The molecule has 0 fully saturated rings. The molecule has 0 aliphatic carbocycles. The molecule has 0 bridgehead atoms. The molecule has 5 heteroatoms. The van der Waals surface area contributed by atoms with Gasteiger partial charge in [-0.15, -0.1) is 0 Å². The molecule has 1 aromatic heterocycles. The Morgan fingerprint density at radius 2 is 2.00 bits per heavy atom. The molecule has 3 rings (SSSR count). The normalized spacial score (nSPS) is 12.3. The maximum atomic E-state index is 5.50. The number of fused-ring (bicyclic) bond motifs is 1. The van der Waals surface area contributed by atoms with Gasteiger partial charge in [0, 0.05) is 18.0 Å². The standard InChI is InChI=1S/C19H23N3O2/c1-12-16(7-8-18(23-3)19(12)24-4)13(2)20-10-14-5-6-15-11-21-22-17(15)9-14/h5-9,11,13,20H,10H2,1-4H3,(H,21,22). The number of methoxy groups -OCH3 is 2. The molecule has 3 aromatic rings. The number of H-pyrrole nitrogens is 1. The van der Waals surface area contributed by atoms with E-state index in [9.17, 15) is 0 Å². The van der Waals surface area contributed by atoms with E-state index in [1.165, 1.54) is 11.1 Å². The van der Waals surface area contributed by atoms with Crippen LogP contribution in [-0.4, -0.2) is 24.4 Å². The van der Waals surface area contributed by atoms with Gasteiger partial charge in [-0.25, -0.2) is 0 Å².